The number of methoxy groups -OCH3 is 1. The number of fused-ring (bicyclic) bond motifs is 5. The fourth-order valence-corrected chi connectivity index (χ4v) is 6.67. The van der Waals surface area contributed by atoms with Crippen molar-refractivity contribution in [3.63, 3.8) is 0 Å². The Morgan fingerprint density at radius 3 is 2.65 bits per heavy atom. The van der Waals surface area contributed by atoms with Gasteiger partial charge in [-0.05, 0) is 60.8 Å². The van der Waals surface area contributed by atoms with E-state index in [1.54, 1.807) is 6.08 Å². The Kier molecular flexibility index (Phi) is 4.01. The summed E-state index contributed by atoms with van der Waals surface area (Å²) in [5.74, 6) is 1.06. The number of hydrogen-bond acceptors (Lipinski definition) is 4. The maximum absolute atomic E-state index is 13.4. The van der Waals surface area contributed by atoms with Crippen LogP contribution in [-0.4, -0.2) is 24.6 Å². The van der Waals surface area contributed by atoms with Crippen LogP contribution >= 0.6 is 0 Å². The topological polar surface area (TPSA) is 60.4 Å². The van der Waals surface area contributed by atoms with E-state index in [2.05, 4.69) is 13.8 Å². The number of allylic oxidation sites excluding steroid dienone is 2. The summed E-state index contributed by atoms with van der Waals surface area (Å²) in [6.45, 7) is 4.38. The van der Waals surface area contributed by atoms with Gasteiger partial charge in [0.05, 0.1) is 7.11 Å². The van der Waals surface area contributed by atoms with E-state index in [1.807, 2.05) is 6.08 Å². The maximum Gasteiger partial charge on any atom is 0.330 e. The van der Waals surface area contributed by atoms with Gasteiger partial charge in [0, 0.05) is 24.8 Å². The predicted octanol–water partition coefficient (Wildman–Crippen LogP) is 3.80. The number of hydrogen-bond donors (Lipinski definition) is 0. The van der Waals surface area contributed by atoms with Crippen molar-refractivity contribution >= 4 is 17.5 Å². The van der Waals surface area contributed by atoms with Crippen molar-refractivity contribution in [1.82, 2.24) is 0 Å². The molecular weight excluding hydrogens is 328 g/mol. The number of esters is 1. The molecule has 26 heavy (non-hydrogen) atoms. The summed E-state index contributed by atoms with van der Waals surface area (Å²) in [4.78, 5) is 37.1. The molecule has 5 atom stereocenters. The third-order valence-electron chi connectivity index (χ3n) is 8.00. The summed E-state index contributed by atoms with van der Waals surface area (Å²) in [5, 5.41) is 0. The molecule has 140 valence electrons. The Morgan fingerprint density at radius 1 is 1.15 bits per heavy atom. The average molecular weight is 356 g/mol. The van der Waals surface area contributed by atoms with Crippen LogP contribution in [-0.2, 0) is 19.1 Å². The lowest BCUT2D eigenvalue weighted by Gasteiger charge is -2.56. The lowest BCUT2D eigenvalue weighted by molar-refractivity contribution is -0.143. The monoisotopic (exact) mass is 356 g/mol. The van der Waals surface area contributed by atoms with Crippen LogP contribution in [0, 0.1) is 28.6 Å². The second kappa shape index (κ2) is 5.90. The molecule has 0 radical (unpaired) electrons. The molecule has 0 aromatic carbocycles. The maximum atomic E-state index is 13.4. The van der Waals surface area contributed by atoms with Gasteiger partial charge in [0.1, 0.15) is 5.78 Å². The first-order valence-corrected chi connectivity index (χ1v) is 9.85. The van der Waals surface area contributed by atoms with E-state index < -0.39 is 0 Å². The van der Waals surface area contributed by atoms with E-state index in [0.29, 0.717) is 30.5 Å². The smallest absolute Gasteiger partial charge is 0.330 e. The summed E-state index contributed by atoms with van der Waals surface area (Å²) in [5.41, 5.74) is 1.93. The molecule has 0 saturated heterocycles. The zero-order valence-corrected chi connectivity index (χ0v) is 16.0. The number of Topliss-reactive ketones (excluding diaryl/α,β-unsaturated/α-hetero) is 1. The Hall–Kier alpha value is -1.71. The van der Waals surface area contributed by atoms with Gasteiger partial charge in [0.2, 0.25) is 0 Å². The van der Waals surface area contributed by atoms with Gasteiger partial charge in [0.25, 0.3) is 0 Å². The first kappa shape index (κ1) is 17.7. The molecule has 0 unspecified atom stereocenters. The number of ether oxygens (including phenoxy) is 1. The van der Waals surface area contributed by atoms with E-state index in [1.165, 1.54) is 12.7 Å². The van der Waals surface area contributed by atoms with Gasteiger partial charge in [-0.2, -0.15) is 0 Å². The molecule has 4 aliphatic rings. The van der Waals surface area contributed by atoms with Gasteiger partial charge >= 0.3 is 5.97 Å². The minimum absolute atomic E-state index is 0.0335. The molecule has 4 heteroatoms. The van der Waals surface area contributed by atoms with Crippen molar-refractivity contribution in [3.05, 3.63) is 23.3 Å². The third kappa shape index (κ3) is 2.37. The van der Waals surface area contributed by atoms with Crippen LogP contribution in [0.3, 0.4) is 0 Å². The second-order valence-corrected chi connectivity index (χ2v) is 9.13. The minimum atomic E-state index is -0.317. The fourth-order valence-electron chi connectivity index (χ4n) is 6.67. The molecular formula is C22H28O4. The van der Waals surface area contributed by atoms with E-state index >= 15 is 0 Å². The van der Waals surface area contributed by atoms with Crippen LogP contribution in [0.25, 0.3) is 0 Å². The molecule has 3 saturated carbocycles. The zero-order valence-electron chi connectivity index (χ0n) is 16.0. The van der Waals surface area contributed by atoms with Gasteiger partial charge < -0.3 is 4.74 Å². The van der Waals surface area contributed by atoms with Crippen molar-refractivity contribution < 1.29 is 19.1 Å². The Morgan fingerprint density at radius 2 is 1.92 bits per heavy atom. The number of ketones is 2. The highest BCUT2D eigenvalue weighted by Gasteiger charge is 2.60. The lowest BCUT2D eigenvalue weighted by atomic mass is 9.47. The van der Waals surface area contributed by atoms with E-state index in [4.69, 9.17) is 4.74 Å². The lowest BCUT2D eigenvalue weighted by Crippen LogP contribution is -2.54. The van der Waals surface area contributed by atoms with Crippen LogP contribution in [0.15, 0.2) is 23.3 Å². The van der Waals surface area contributed by atoms with Crippen LogP contribution in [0.1, 0.15) is 58.8 Å². The van der Waals surface area contributed by atoms with Crippen molar-refractivity contribution in [3.8, 4) is 0 Å². The van der Waals surface area contributed by atoms with Gasteiger partial charge in [0.15, 0.2) is 5.78 Å². The van der Waals surface area contributed by atoms with Crippen LogP contribution in [0.5, 0.6) is 0 Å². The number of carbonyl (C=O) groups excluding carboxylic acids is 3. The van der Waals surface area contributed by atoms with Crippen molar-refractivity contribution in [2.24, 2.45) is 28.6 Å². The molecule has 0 aliphatic heterocycles. The largest absolute Gasteiger partial charge is 0.466 e. The summed E-state index contributed by atoms with van der Waals surface area (Å²) < 4.78 is 4.83. The first-order valence-electron chi connectivity index (χ1n) is 9.85. The summed E-state index contributed by atoms with van der Waals surface area (Å²) in [7, 11) is 1.40. The Labute approximate surface area is 155 Å². The van der Waals surface area contributed by atoms with E-state index in [0.717, 1.165) is 37.7 Å². The van der Waals surface area contributed by atoms with Gasteiger partial charge in [-0.15, -0.1) is 0 Å². The zero-order chi connectivity index (χ0) is 18.7. The van der Waals surface area contributed by atoms with Crippen LogP contribution in [0.4, 0.5) is 0 Å². The molecule has 4 nitrogen and oxygen atoms in total. The van der Waals surface area contributed by atoms with Gasteiger partial charge in [-0.1, -0.05) is 25.0 Å². The molecule has 0 aromatic heterocycles. The highest BCUT2D eigenvalue weighted by molar-refractivity contribution is 5.93. The van der Waals surface area contributed by atoms with Crippen LogP contribution < -0.4 is 0 Å². The summed E-state index contributed by atoms with van der Waals surface area (Å²) in [6.07, 6.45) is 9.17. The number of carbonyl (C=O) groups is 3. The number of rotatable bonds is 1. The van der Waals surface area contributed by atoms with E-state index in [-0.39, 0.29) is 28.5 Å². The molecule has 0 N–H and O–H groups in total. The first-order chi connectivity index (χ1) is 12.3. The normalized spacial score (nSPS) is 43.4. The second-order valence-electron chi connectivity index (χ2n) is 9.13. The van der Waals surface area contributed by atoms with Gasteiger partial charge in [-0.25, -0.2) is 4.79 Å². The van der Waals surface area contributed by atoms with E-state index in [9.17, 15) is 14.4 Å². The van der Waals surface area contributed by atoms with Crippen molar-refractivity contribution in [1.29, 1.82) is 0 Å². The highest BCUT2D eigenvalue weighted by atomic mass is 16.5. The quantitative estimate of drug-likeness (QED) is 0.530. The summed E-state index contributed by atoms with van der Waals surface area (Å²) >= 11 is 0. The minimum Gasteiger partial charge on any atom is -0.466 e. The predicted molar refractivity (Wildman–Crippen MR) is 97.2 cm³/mol. The van der Waals surface area contributed by atoms with Crippen molar-refractivity contribution in [2.45, 2.75) is 58.8 Å². The molecule has 4 rings (SSSR count). The van der Waals surface area contributed by atoms with Crippen molar-refractivity contribution in [2.75, 3.05) is 7.11 Å². The SMILES string of the molecule is COC(=O)C=C1CC[C@H]2[C@@H]3CCC4=CC(=O)CC[C@]4(C)[C@H]3C(=O)C[C@]12C. The Bertz CT molecular complexity index is 745. The molecule has 0 aromatic rings. The standard InChI is InChI=1S/C22H28O4/c1-21-9-8-15(23)10-13(21)4-6-16-17-7-5-14(11-19(25)26-3)22(17,2)12-18(24)20(16)21/h10-11,16-17,20H,4-9,12H2,1-3H3/t16-,17-,20+,21-,22+/m0/s1. The third-order valence-corrected chi connectivity index (χ3v) is 8.00. The molecule has 4 aliphatic carbocycles. The molecule has 0 spiro atoms. The summed E-state index contributed by atoms with van der Waals surface area (Å²) in [6, 6.07) is 0. The molecule has 3 fully saturated rings. The van der Waals surface area contributed by atoms with Gasteiger partial charge in [-0.3, -0.25) is 9.59 Å². The molecule has 0 bridgehead atoms. The molecule has 0 amide bonds. The Balaban J connectivity index is 1.71. The molecule has 0 heterocycles. The van der Waals surface area contributed by atoms with Crippen LogP contribution in [0.2, 0.25) is 0 Å². The fraction of sp³-hybridized carbons (Fsp3) is 0.682. The average Bonchev–Trinajstić information content (AvgIpc) is 2.91. The highest BCUT2D eigenvalue weighted by Crippen LogP contribution is 2.65.